The van der Waals surface area contributed by atoms with Crippen molar-refractivity contribution in [2.75, 3.05) is 0 Å². The summed E-state index contributed by atoms with van der Waals surface area (Å²) >= 11 is 15.1. The van der Waals surface area contributed by atoms with Crippen molar-refractivity contribution in [1.82, 2.24) is 4.90 Å². The molecule has 3 nitrogen and oxygen atoms in total. The van der Waals surface area contributed by atoms with Crippen LogP contribution in [0.2, 0.25) is 10.0 Å². The third-order valence-electron chi connectivity index (χ3n) is 3.38. The number of nitrogens with zero attached hydrogens (tertiary/aromatic N) is 1. The van der Waals surface area contributed by atoms with Crippen LogP contribution in [0.3, 0.4) is 0 Å². The van der Waals surface area contributed by atoms with Gasteiger partial charge in [0.15, 0.2) is 0 Å². The van der Waals surface area contributed by atoms with Gasteiger partial charge in [-0.05, 0) is 75.8 Å². The van der Waals surface area contributed by atoms with Crippen molar-refractivity contribution in [3.63, 3.8) is 0 Å². The lowest BCUT2D eigenvalue weighted by atomic mass is 10.2. The van der Waals surface area contributed by atoms with Crippen molar-refractivity contribution in [1.29, 1.82) is 0 Å². The molecule has 0 atom stereocenters. The summed E-state index contributed by atoms with van der Waals surface area (Å²) in [5.74, 6) is -0.311. The maximum Gasteiger partial charge on any atom is 0.293 e. The van der Waals surface area contributed by atoms with E-state index in [0.29, 0.717) is 20.5 Å². The number of carbonyl (C=O) groups is 2. The largest absolute Gasteiger partial charge is 0.293 e. The highest BCUT2D eigenvalue weighted by molar-refractivity contribution is 14.1. The number of halogens is 3. The number of carbonyl (C=O) groups excluding carboxylic acids is 2. The molecule has 122 valence electrons. The fourth-order valence-electron chi connectivity index (χ4n) is 2.17. The highest BCUT2D eigenvalue weighted by atomic mass is 127. The van der Waals surface area contributed by atoms with Crippen LogP contribution < -0.4 is 0 Å². The van der Waals surface area contributed by atoms with E-state index in [-0.39, 0.29) is 17.7 Å². The Labute approximate surface area is 167 Å². The van der Waals surface area contributed by atoms with Gasteiger partial charge in [-0.3, -0.25) is 14.5 Å². The van der Waals surface area contributed by atoms with Crippen LogP contribution in [-0.4, -0.2) is 16.0 Å². The number of rotatable bonds is 3. The standard InChI is InChI=1S/C17H10Cl2INO2S/c18-12-4-3-11(14(19)8-12)9-21-16(22)15(24-17(21)23)7-10-1-5-13(20)6-2-10/h1-8H,9H2/b15-7-. The molecule has 0 radical (unpaired) electrons. The first-order valence-electron chi connectivity index (χ1n) is 6.89. The number of thioether (sulfide) groups is 1. The zero-order valence-electron chi connectivity index (χ0n) is 12.1. The van der Waals surface area contributed by atoms with Gasteiger partial charge in [0.05, 0.1) is 11.4 Å². The molecule has 0 aromatic heterocycles. The van der Waals surface area contributed by atoms with Crippen molar-refractivity contribution in [2.24, 2.45) is 0 Å². The third kappa shape index (κ3) is 3.96. The highest BCUT2D eigenvalue weighted by Gasteiger charge is 2.35. The first kappa shape index (κ1) is 17.8. The quantitative estimate of drug-likeness (QED) is 0.401. The Kier molecular flexibility index (Phi) is 5.54. The summed E-state index contributed by atoms with van der Waals surface area (Å²) < 4.78 is 1.11. The molecule has 0 saturated carbocycles. The lowest BCUT2D eigenvalue weighted by molar-refractivity contribution is -0.123. The third-order valence-corrected chi connectivity index (χ3v) is 5.60. The van der Waals surface area contributed by atoms with E-state index in [0.717, 1.165) is 20.9 Å². The Hall–Kier alpha value is -1.02. The molecule has 0 aliphatic carbocycles. The fraction of sp³-hybridized carbons (Fsp3) is 0.0588. The molecule has 7 heteroatoms. The van der Waals surface area contributed by atoms with E-state index in [9.17, 15) is 9.59 Å². The second-order valence-corrected chi connectivity index (χ2v) is 8.14. The van der Waals surface area contributed by atoms with Gasteiger partial charge in [-0.15, -0.1) is 0 Å². The number of hydrogen-bond donors (Lipinski definition) is 0. The Morgan fingerprint density at radius 2 is 1.79 bits per heavy atom. The van der Waals surface area contributed by atoms with Gasteiger partial charge in [-0.25, -0.2) is 0 Å². The second kappa shape index (κ2) is 7.47. The van der Waals surface area contributed by atoms with Crippen LogP contribution in [0.5, 0.6) is 0 Å². The maximum atomic E-state index is 12.5. The molecule has 1 aliphatic rings. The lowest BCUT2D eigenvalue weighted by Crippen LogP contribution is -2.27. The van der Waals surface area contributed by atoms with Gasteiger partial charge in [0.25, 0.3) is 11.1 Å². The fourth-order valence-corrected chi connectivity index (χ4v) is 3.83. The smallest absolute Gasteiger partial charge is 0.268 e. The van der Waals surface area contributed by atoms with Gasteiger partial charge in [-0.2, -0.15) is 0 Å². The molecule has 1 fully saturated rings. The summed E-state index contributed by atoms with van der Waals surface area (Å²) in [6.07, 6.45) is 1.73. The van der Waals surface area contributed by atoms with E-state index < -0.39 is 0 Å². The molecule has 0 spiro atoms. The Bertz CT molecular complexity index is 852. The van der Waals surface area contributed by atoms with Crippen molar-refractivity contribution >= 4 is 74.8 Å². The zero-order valence-corrected chi connectivity index (χ0v) is 16.6. The van der Waals surface area contributed by atoms with Gasteiger partial charge in [-0.1, -0.05) is 41.4 Å². The first-order chi connectivity index (χ1) is 11.4. The van der Waals surface area contributed by atoms with Crippen molar-refractivity contribution < 1.29 is 9.59 Å². The van der Waals surface area contributed by atoms with Crippen LogP contribution >= 0.6 is 57.6 Å². The Morgan fingerprint density at radius 3 is 2.46 bits per heavy atom. The molecule has 1 aliphatic heterocycles. The minimum Gasteiger partial charge on any atom is -0.268 e. The molecule has 0 N–H and O–H groups in total. The summed E-state index contributed by atoms with van der Waals surface area (Å²) in [6, 6.07) is 12.7. The van der Waals surface area contributed by atoms with Crippen LogP contribution in [0.25, 0.3) is 6.08 Å². The maximum absolute atomic E-state index is 12.5. The number of benzene rings is 2. The Morgan fingerprint density at radius 1 is 1.08 bits per heavy atom. The normalized spacial score (nSPS) is 16.3. The predicted octanol–water partition coefficient (Wildman–Crippen LogP) is 5.83. The van der Waals surface area contributed by atoms with Crippen LogP contribution in [0, 0.1) is 3.57 Å². The Balaban J connectivity index is 1.82. The van der Waals surface area contributed by atoms with Crippen molar-refractivity contribution in [3.8, 4) is 0 Å². The molecular weight excluding hydrogens is 480 g/mol. The van der Waals surface area contributed by atoms with Crippen LogP contribution in [0.4, 0.5) is 4.79 Å². The van der Waals surface area contributed by atoms with Crippen LogP contribution in [-0.2, 0) is 11.3 Å². The van der Waals surface area contributed by atoms with Crippen LogP contribution in [0.1, 0.15) is 11.1 Å². The minimum absolute atomic E-state index is 0.130. The predicted molar refractivity (Wildman–Crippen MR) is 107 cm³/mol. The average molecular weight is 490 g/mol. The number of hydrogen-bond acceptors (Lipinski definition) is 3. The van der Waals surface area contributed by atoms with E-state index in [1.807, 2.05) is 24.3 Å². The van der Waals surface area contributed by atoms with E-state index >= 15 is 0 Å². The van der Waals surface area contributed by atoms with Gasteiger partial charge in [0.1, 0.15) is 0 Å². The molecule has 3 rings (SSSR count). The molecule has 1 heterocycles. The topological polar surface area (TPSA) is 37.4 Å². The van der Waals surface area contributed by atoms with E-state index in [2.05, 4.69) is 22.6 Å². The van der Waals surface area contributed by atoms with Crippen molar-refractivity contribution in [2.45, 2.75) is 6.54 Å². The second-order valence-electron chi connectivity index (χ2n) is 5.06. The molecule has 0 unspecified atom stereocenters. The van der Waals surface area contributed by atoms with E-state index in [1.54, 1.807) is 24.3 Å². The highest BCUT2D eigenvalue weighted by Crippen LogP contribution is 2.34. The summed E-state index contributed by atoms with van der Waals surface area (Å²) in [5, 5.41) is 0.641. The summed E-state index contributed by atoms with van der Waals surface area (Å²) in [5.41, 5.74) is 1.56. The van der Waals surface area contributed by atoms with Gasteiger partial charge in [0, 0.05) is 13.6 Å². The van der Waals surface area contributed by atoms with Crippen molar-refractivity contribution in [3.05, 3.63) is 72.1 Å². The summed E-state index contributed by atoms with van der Waals surface area (Å²) in [4.78, 5) is 26.3. The SMILES string of the molecule is O=C1S/C(=C\c2ccc(I)cc2)C(=O)N1Cc1ccc(Cl)cc1Cl. The average Bonchev–Trinajstić information content (AvgIpc) is 2.79. The molecular formula is C17H10Cl2INO2S. The molecule has 2 amide bonds. The zero-order chi connectivity index (χ0) is 17.3. The number of imide groups is 1. The molecule has 2 aromatic rings. The lowest BCUT2D eigenvalue weighted by Gasteiger charge is -2.13. The molecule has 2 aromatic carbocycles. The summed E-state index contributed by atoms with van der Waals surface area (Å²) in [6.45, 7) is 0.130. The monoisotopic (exact) mass is 489 g/mol. The number of amides is 2. The minimum atomic E-state index is -0.311. The van der Waals surface area contributed by atoms with Gasteiger partial charge < -0.3 is 0 Å². The molecule has 24 heavy (non-hydrogen) atoms. The molecule has 1 saturated heterocycles. The first-order valence-corrected chi connectivity index (χ1v) is 9.54. The molecule has 0 bridgehead atoms. The van der Waals surface area contributed by atoms with E-state index in [4.69, 9.17) is 23.2 Å². The summed E-state index contributed by atoms with van der Waals surface area (Å²) in [7, 11) is 0. The van der Waals surface area contributed by atoms with E-state index in [1.165, 1.54) is 4.90 Å². The van der Waals surface area contributed by atoms with Gasteiger partial charge >= 0.3 is 0 Å². The van der Waals surface area contributed by atoms with Crippen LogP contribution in [0.15, 0.2) is 47.4 Å². The van der Waals surface area contributed by atoms with Gasteiger partial charge in [0.2, 0.25) is 0 Å².